The van der Waals surface area contributed by atoms with Gasteiger partial charge in [0, 0.05) is 30.0 Å². The van der Waals surface area contributed by atoms with Crippen molar-refractivity contribution in [1.82, 2.24) is 9.55 Å². The van der Waals surface area contributed by atoms with E-state index in [9.17, 15) is 4.79 Å². The highest BCUT2D eigenvalue weighted by Gasteiger charge is 2.09. The zero-order chi connectivity index (χ0) is 15.1. The SMILES string of the molecule is O=c1c2ccc(Cl)cc2oc2cc(Cn3ccnc3)ccc12. The predicted octanol–water partition coefficient (Wildman–Crippen LogP) is 3.84. The van der Waals surface area contributed by atoms with Crippen molar-refractivity contribution in [2.75, 3.05) is 0 Å². The summed E-state index contributed by atoms with van der Waals surface area (Å²) in [5.74, 6) is 0. The van der Waals surface area contributed by atoms with E-state index in [0.29, 0.717) is 33.5 Å². The van der Waals surface area contributed by atoms with E-state index in [1.165, 1.54) is 0 Å². The third kappa shape index (κ3) is 2.18. The lowest BCUT2D eigenvalue weighted by atomic mass is 10.1. The van der Waals surface area contributed by atoms with Crippen LogP contribution < -0.4 is 5.43 Å². The van der Waals surface area contributed by atoms with Gasteiger partial charge in [0.1, 0.15) is 11.2 Å². The molecule has 0 saturated heterocycles. The van der Waals surface area contributed by atoms with Gasteiger partial charge in [0.25, 0.3) is 0 Å². The lowest BCUT2D eigenvalue weighted by Crippen LogP contribution is -2.03. The van der Waals surface area contributed by atoms with Crippen molar-refractivity contribution >= 4 is 33.5 Å². The van der Waals surface area contributed by atoms with E-state index in [4.69, 9.17) is 16.0 Å². The van der Waals surface area contributed by atoms with Gasteiger partial charge >= 0.3 is 0 Å². The molecular formula is C17H11ClN2O2. The Morgan fingerprint density at radius 1 is 1.09 bits per heavy atom. The van der Waals surface area contributed by atoms with Crippen LogP contribution in [0.15, 0.2) is 64.3 Å². The second-order valence-corrected chi connectivity index (χ2v) is 5.57. The van der Waals surface area contributed by atoms with Crippen molar-refractivity contribution in [1.29, 1.82) is 0 Å². The Morgan fingerprint density at radius 3 is 2.64 bits per heavy atom. The molecule has 0 aliphatic carbocycles. The van der Waals surface area contributed by atoms with Crippen molar-refractivity contribution < 1.29 is 4.42 Å². The van der Waals surface area contributed by atoms with E-state index in [0.717, 1.165) is 5.56 Å². The summed E-state index contributed by atoms with van der Waals surface area (Å²) in [6.07, 6.45) is 5.37. The molecule has 0 atom stereocenters. The van der Waals surface area contributed by atoms with Gasteiger partial charge in [-0.2, -0.15) is 0 Å². The summed E-state index contributed by atoms with van der Waals surface area (Å²) in [6, 6.07) is 10.7. The number of rotatable bonds is 2. The summed E-state index contributed by atoms with van der Waals surface area (Å²) in [5, 5.41) is 1.66. The second kappa shape index (κ2) is 5.00. The van der Waals surface area contributed by atoms with Crippen molar-refractivity contribution in [3.8, 4) is 0 Å². The smallest absolute Gasteiger partial charge is 0.200 e. The maximum atomic E-state index is 12.5. The molecule has 0 bridgehead atoms. The summed E-state index contributed by atoms with van der Waals surface area (Å²) < 4.78 is 7.81. The third-order valence-electron chi connectivity index (χ3n) is 3.62. The first kappa shape index (κ1) is 13.1. The van der Waals surface area contributed by atoms with E-state index in [-0.39, 0.29) is 5.43 Å². The molecule has 0 radical (unpaired) electrons. The van der Waals surface area contributed by atoms with Crippen LogP contribution in [0.4, 0.5) is 0 Å². The molecule has 4 aromatic rings. The summed E-state index contributed by atoms with van der Waals surface area (Å²) in [5.41, 5.74) is 2.07. The molecular weight excluding hydrogens is 300 g/mol. The topological polar surface area (TPSA) is 48.0 Å². The number of halogens is 1. The Morgan fingerprint density at radius 2 is 1.86 bits per heavy atom. The summed E-state index contributed by atoms with van der Waals surface area (Å²) in [4.78, 5) is 16.5. The fourth-order valence-corrected chi connectivity index (χ4v) is 2.72. The monoisotopic (exact) mass is 310 g/mol. The van der Waals surface area contributed by atoms with Gasteiger partial charge in [0.15, 0.2) is 0 Å². The summed E-state index contributed by atoms with van der Waals surface area (Å²) >= 11 is 5.98. The maximum Gasteiger partial charge on any atom is 0.200 e. The summed E-state index contributed by atoms with van der Waals surface area (Å²) in [7, 11) is 0. The number of benzene rings is 2. The number of hydrogen-bond acceptors (Lipinski definition) is 3. The van der Waals surface area contributed by atoms with Gasteiger partial charge in [-0.05, 0) is 29.8 Å². The van der Waals surface area contributed by atoms with Crippen LogP contribution >= 0.6 is 11.6 Å². The minimum absolute atomic E-state index is 0.0397. The largest absolute Gasteiger partial charge is 0.456 e. The van der Waals surface area contributed by atoms with Gasteiger partial charge in [-0.25, -0.2) is 4.98 Å². The van der Waals surface area contributed by atoms with E-state index in [1.807, 2.05) is 29.0 Å². The van der Waals surface area contributed by atoms with Crippen LogP contribution in [0, 0.1) is 0 Å². The first-order valence-electron chi connectivity index (χ1n) is 6.81. The highest BCUT2D eigenvalue weighted by molar-refractivity contribution is 6.31. The van der Waals surface area contributed by atoms with Crippen molar-refractivity contribution in [3.63, 3.8) is 0 Å². The van der Waals surface area contributed by atoms with E-state index in [2.05, 4.69) is 4.98 Å². The van der Waals surface area contributed by atoms with Crippen molar-refractivity contribution in [2.24, 2.45) is 0 Å². The zero-order valence-corrected chi connectivity index (χ0v) is 12.2. The Balaban J connectivity index is 1.91. The molecule has 0 fully saturated rings. The van der Waals surface area contributed by atoms with Gasteiger partial charge in [0.05, 0.1) is 17.1 Å². The van der Waals surface area contributed by atoms with Gasteiger partial charge in [-0.15, -0.1) is 0 Å². The Bertz CT molecular complexity index is 1040. The molecule has 4 rings (SSSR count). The minimum Gasteiger partial charge on any atom is -0.456 e. The third-order valence-corrected chi connectivity index (χ3v) is 3.86. The Hall–Kier alpha value is -2.59. The molecule has 2 aromatic carbocycles. The van der Waals surface area contributed by atoms with Crippen LogP contribution in [0.3, 0.4) is 0 Å². The minimum atomic E-state index is -0.0397. The zero-order valence-electron chi connectivity index (χ0n) is 11.5. The van der Waals surface area contributed by atoms with Crippen LogP contribution in [0.25, 0.3) is 21.9 Å². The molecule has 5 heteroatoms. The van der Waals surface area contributed by atoms with E-state index >= 15 is 0 Å². The van der Waals surface area contributed by atoms with Crippen molar-refractivity contribution in [3.05, 3.63) is 75.9 Å². The molecule has 0 aliphatic heterocycles. The summed E-state index contributed by atoms with van der Waals surface area (Å²) in [6.45, 7) is 0.674. The number of hydrogen-bond donors (Lipinski definition) is 0. The van der Waals surface area contributed by atoms with Gasteiger partial charge in [-0.3, -0.25) is 4.79 Å². The number of imidazole rings is 1. The molecule has 22 heavy (non-hydrogen) atoms. The molecule has 4 nitrogen and oxygen atoms in total. The Kier molecular flexibility index (Phi) is 2.98. The number of aromatic nitrogens is 2. The second-order valence-electron chi connectivity index (χ2n) is 5.14. The molecule has 0 aliphatic rings. The number of nitrogens with zero attached hydrogens (tertiary/aromatic N) is 2. The quantitative estimate of drug-likeness (QED) is 0.528. The first-order valence-corrected chi connectivity index (χ1v) is 7.19. The van der Waals surface area contributed by atoms with Gasteiger partial charge in [0.2, 0.25) is 5.43 Å². The molecule has 0 spiro atoms. The highest BCUT2D eigenvalue weighted by Crippen LogP contribution is 2.22. The normalized spacial score (nSPS) is 11.3. The molecule has 108 valence electrons. The van der Waals surface area contributed by atoms with Crippen LogP contribution in [0.2, 0.25) is 5.02 Å². The van der Waals surface area contributed by atoms with E-state index < -0.39 is 0 Å². The van der Waals surface area contributed by atoms with Crippen LogP contribution in [0.5, 0.6) is 0 Å². The van der Waals surface area contributed by atoms with E-state index in [1.54, 1.807) is 30.7 Å². The molecule has 2 aromatic heterocycles. The molecule has 0 N–H and O–H groups in total. The Labute approximate surface area is 130 Å². The maximum absolute atomic E-state index is 12.5. The standard InChI is InChI=1S/C17H11ClN2O2/c18-12-2-4-14-16(8-12)22-15-7-11(1-3-13(15)17(14)21)9-20-6-5-19-10-20/h1-8,10H,9H2. The average molecular weight is 311 g/mol. The van der Waals surface area contributed by atoms with Crippen LogP contribution in [-0.2, 0) is 6.54 Å². The molecule has 2 heterocycles. The fraction of sp³-hybridized carbons (Fsp3) is 0.0588. The van der Waals surface area contributed by atoms with Crippen molar-refractivity contribution in [2.45, 2.75) is 6.54 Å². The van der Waals surface area contributed by atoms with Crippen LogP contribution in [-0.4, -0.2) is 9.55 Å². The molecule has 0 unspecified atom stereocenters. The lowest BCUT2D eigenvalue weighted by molar-refractivity contribution is 0.658. The van der Waals surface area contributed by atoms with Gasteiger partial charge in [-0.1, -0.05) is 17.7 Å². The highest BCUT2D eigenvalue weighted by atomic mass is 35.5. The lowest BCUT2D eigenvalue weighted by Gasteiger charge is -2.05. The molecule has 0 amide bonds. The fourth-order valence-electron chi connectivity index (χ4n) is 2.56. The predicted molar refractivity (Wildman–Crippen MR) is 86.3 cm³/mol. The average Bonchev–Trinajstić information content (AvgIpc) is 3.00. The molecule has 0 saturated carbocycles. The van der Waals surface area contributed by atoms with Crippen LogP contribution in [0.1, 0.15) is 5.56 Å². The van der Waals surface area contributed by atoms with Gasteiger partial charge < -0.3 is 8.98 Å². The number of fused-ring (bicyclic) bond motifs is 2. The first-order chi connectivity index (χ1) is 10.7.